The van der Waals surface area contributed by atoms with Crippen molar-refractivity contribution in [3.05, 3.63) is 107 Å². The quantitative estimate of drug-likeness (QED) is 0.517. The van der Waals surface area contributed by atoms with E-state index in [1.54, 1.807) is 27.8 Å². The van der Waals surface area contributed by atoms with Crippen molar-refractivity contribution in [3.63, 3.8) is 0 Å². The summed E-state index contributed by atoms with van der Waals surface area (Å²) < 4.78 is 1.56. The molecular weight excluding hydrogens is 414 g/mol. The van der Waals surface area contributed by atoms with Crippen molar-refractivity contribution in [2.45, 2.75) is 6.42 Å². The Morgan fingerprint density at radius 1 is 0.848 bits per heavy atom. The number of carbonyl (C=O) groups is 2. The summed E-state index contributed by atoms with van der Waals surface area (Å²) in [4.78, 5) is 39.0. The summed E-state index contributed by atoms with van der Waals surface area (Å²) in [6, 6.07) is 26.0. The summed E-state index contributed by atoms with van der Waals surface area (Å²) in [7, 11) is 0. The minimum atomic E-state index is -0.135. The zero-order valence-electron chi connectivity index (χ0n) is 18.0. The van der Waals surface area contributed by atoms with Crippen LogP contribution in [-0.4, -0.2) is 29.5 Å². The molecule has 1 unspecified atom stereocenters. The van der Waals surface area contributed by atoms with Gasteiger partial charge in [-0.3, -0.25) is 19.0 Å². The van der Waals surface area contributed by atoms with Crippen LogP contribution < -0.4 is 15.8 Å². The van der Waals surface area contributed by atoms with E-state index in [2.05, 4.69) is 5.32 Å². The summed E-state index contributed by atoms with van der Waals surface area (Å²) in [6.07, 6.45) is 2.10. The van der Waals surface area contributed by atoms with Crippen molar-refractivity contribution in [1.29, 1.82) is 0 Å². The molecule has 4 aromatic rings. The summed E-state index contributed by atoms with van der Waals surface area (Å²) in [6.45, 7) is 0.979. The molecule has 1 N–H and O–H groups in total. The van der Waals surface area contributed by atoms with Crippen molar-refractivity contribution in [1.82, 2.24) is 9.88 Å². The van der Waals surface area contributed by atoms with E-state index in [-0.39, 0.29) is 23.3 Å². The Morgan fingerprint density at radius 3 is 2.36 bits per heavy atom. The number of carbonyl (C=O) groups excluding carboxylic acids is 2. The van der Waals surface area contributed by atoms with Crippen LogP contribution in [-0.2, 0) is 4.79 Å². The normalized spacial score (nSPS) is 15.7. The number of nitrogens with zero attached hydrogens (tertiary/aromatic N) is 2. The highest BCUT2D eigenvalue weighted by Gasteiger charge is 2.30. The first-order chi connectivity index (χ1) is 16.1. The number of benzene rings is 3. The Hall–Kier alpha value is -4.19. The Balaban J connectivity index is 1.22. The van der Waals surface area contributed by atoms with E-state index in [0.29, 0.717) is 25.1 Å². The average molecular weight is 437 g/mol. The van der Waals surface area contributed by atoms with Gasteiger partial charge in [0.05, 0.1) is 0 Å². The van der Waals surface area contributed by atoms with Gasteiger partial charge >= 0.3 is 0 Å². The predicted molar refractivity (Wildman–Crippen MR) is 129 cm³/mol. The maximum atomic E-state index is 12.6. The van der Waals surface area contributed by atoms with Crippen molar-refractivity contribution in [2.75, 3.05) is 18.0 Å². The highest BCUT2D eigenvalue weighted by molar-refractivity contribution is 5.99. The fourth-order valence-electron chi connectivity index (χ4n) is 4.27. The van der Waals surface area contributed by atoms with Gasteiger partial charge < -0.3 is 10.2 Å². The van der Waals surface area contributed by atoms with E-state index in [0.717, 1.165) is 22.1 Å². The third kappa shape index (κ3) is 4.28. The molecule has 2 heterocycles. The Labute approximate surface area is 191 Å². The van der Waals surface area contributed by atoms with Crippen LogP contribution in [0, 0.1) is 5.92 Å². The Morgan fingerprint density at radius 2 is 1.58 bits per heavy atom. The van der Waals surface area contributed by atoms with Crippen LogP contribution in [0.1, 0.15) is 16.8 Å². The number of amides is 2. The van der Waals surface area contributed by atoms with E-state index in [1.807, 2.05) is 66.7 Å². The second-order valence-corrected chi connectivity index (χ2v) is 8.27. The molecule has 33 heavy (non-hydrogen) atoms. The maximum absolute atomic E-state index is 12.6. The standard InChI is InChI=1S/C27H23N3O3/c31-25-7-3-4-14-29(25)23-10-12-24(13-11-23)30-18-19(15-26(30)32)17-28-27(33)22-9-8-20-5-1-2-6-21(20)16-22/h1-14,16,19H,15,17-18H2,(H,28,33). The first kappa shape index (κ1) is 20.7. The fraction of sp³-hybridized carbons (Fsp3) is 0.148. The van der Waals surface area contributed by atoms with Gasteiger partial charge in [-0.25, -0.2) is 0 Å². The molecule has 3 aromatic carbocycles. The molecule has 1 fully saturated rings. The van der Waals surface area contributed by atoms with Gasteiger partial charge in [0.25, 0.3) is 11.5 Å². The van der Waals surface area contributed by atoms with Gasteiger partial charge in [0, 0.05) is 54.6 Å². The number of hydrogen-bond acceptors (Lipinski definition) is 3. The lowest BCUT2D eigenvalue weighted by Gasteiger charge is -2.18. The summed E-state index contributed by atoms with van der Waals surface area (Å²) in [5.41, 5.74) is 2.04. The summed E-state index contributed by atoms with van der Waals surface area (Å²) >= 11 is 0. The highest BCUT2D eigenvalue weighted by atomic mass is 16.2. The third-order valence-corrected chi connectivity index (χ3v) is 6.03. The lowest BCUT2D eigenvalue weighted by molar-refractivity contribution is -0.117. The molecule has 6 heteroatoms. The monoisotopic (exact) mass is 437 g/mol. The first-order valence-electron chi connectivity index (χ1n) is 10.9. The van der Waals surface area contributed by atoms with Crippen LogP contribution >= 0.6 is 0 Å². The number of hydrogen-bond donors (Lipinski definition) is 1. The largest absolute Gasteiger partial charge is 0.352 e. The zero-order chi connectivity index (χ0) is 22.8. The molecule has 1 aliphatic rings. The fourth-order valence-corrected chi connectivity index (χ4v) is 4.27. The first-order valence-corrected chi connectivity index (χ1v) is 10.9. The lowest BCUT2D eigenvalue weighted by Crippen LogP contribution is -2.31. The van der Waals surface area contributed by atoms with Gasteiger partial charge in [-0.2, -0.15) is 0 Å². The van der Waals surface area contributed by atoms with Crippen LogP contribution in [0.4, 0.5) is 5.69 Å². The number of nitrogens with one attached hydrogen (secondary N) is 1. The molecule has 1 atom stereocenters. The molecular formula is C27H23N3O3. The molecule has 0 spiro atoms. The molecule has 1 saturated heterocycles. The number of fused-ring (bicyclic) bond motifs is 1. The second-order valence-electron chi connectivity index (χ2n) is 8.27. The predicted octanol–water partition coefficient (Wildman–Crippen LogP) is 3.77. The van der Waals surface area contributed by atoms with E-state index in [1.165, 1.54) is 6.07 Å². The van der Waals surface area contributed by atoms with Gasteiger partial charge in [0.2, 0.25) is 5.91 Å². The zero-order valence-corrected chi connectivity index (χ0v) is 18.0. The maximum Gasteiger partial charge on any atom is 0.255 e. The number of rotatable bonds is 5. The summed E-state index contributed by atoms with van der Waals surface area (Å²) in [5, 5.41) is 5.09. The van der Waals surface area contributed by atoms with Crippen LogP contribution in [0.2, 0.25) is 0 Å². The molecule has 2 amide bonds. The molecule has 6 nitrogen and oxygen atoms in total. The Bertz CT molecular complexity index is 1390. The van der Waals surface area contributed by atoms with E-state index < -0.39 is 0 Å². The van der Waals surface area contributed by atoms with Crippen molar-refractivity contribution in [2.24, 2.45) is 5.92 Å². The molecule has 1 aromatic heterocycles. The summed E-state index contributed by atoms with van der Waals surface area (Å²) in [5.74, 6) is -0.0628. The third-order valence-electron chi connectivity index (χ3n) is 6.03. The molecule has 0 bridgehead atoms. The second kappa shape index (κ2) is 8.74. The molecule has 1 aliphatic heterocycles. The van der Waals surface area contributed by atoms with E-state index in [9.17, 15) is 14.4 Å². The van der Waals surface area contributed by atoms with Crippen LogP contribution in [0.3, 0.4) is 0 Å². The lowest BCUT2D eigenvalue weighted by atomic mass is 10.1. The molecule has 164 valence electrons. The van der Waals surface area contributed by atoms with Gasteiger partial charge in [-0.15, -0.1) is 0 Å². The Kier molecular flexibility index (Phi) is 5.48. The average Bonchev–Trinajstić information content (AvgIpc) is 3.23. The minimum Gasteiger partial charge on any atom is -0.352 e. The van der Waals surface area contributed by atoms with Crippen molar-refractivity contribution >= 4 is 28.3 Å². The van der Waals surface area contributed by atoms with Crippen LogP contribution in [0.15, 0.2) is 95.9 Å². The van der Waals surface area contributed by atoms with Crippen LogP contribution in [0.5, 0.6) is 0 Å². The van der Waals surface area contributed by atoms with Gasteiger partial charge in [0.1, 0.15) is 0 Å². The SMILES string of the molecule is O=C(NCC1CC(=O)N(c2ccc(-n3ccccc3=O)cc2)C1)c1ccc2ccccc2c1. The number of aromatic nitrogens is 1. The van der Waals surface area contributed by atoms with E-state index in [4.69, 9.17) is 0 Å². The smallest absolute Gasteiger partial charge is 0.255 e. The van der Waals surface area contributed by atoms with Gasteiger partial charge in [-0.05, 0) is 53.2 Å². The highest BCUT2D eigenvalue weighted by Crippen LogP contribution is 2.26. The number of anilines is 1. The minimum absolute atomic E-state index is 0.0320. The van der Waals surface area contributed by atoms with Gasteiger partial charge in [-0.1, -0.05) is 36.4 Å². The van der Waals surface area contributed by atoms with Gasteiger partial charge in [0.15, 0.2) is 0 Å². The van der Waals surface area contributed by atoms with Crippen molar-refractivity contribution in [3.8, 4) is 5.69 Å². The molecule has 0 saturated carbocycles. The molecule has 0 radical (unpaired) electrons. The van der Waals surface area contributed by atoms with Crippen molar-refractivity contribution < 1.29 is 9.59 Å². The van der Waals surface area contributed by atoms with Crippen LogP contribution in [0.25, 0.3) is 16.5 Å². The molecule has 5 rings (SSSR count). The molecule has 0 aliphatic carbocycles. The number of pyridine rings is 1. The topological polar surface area (TPSA) is 71.4 Å². The van der Waals surface area contributed by atoms with E-state index >= 15 is 0 Å².